The molecule has 0 saturated carbocycles. The lowest BCUT2D eigenvalue weighted by molar-refractivity contribution is -0.139. The zero-order valence-corrected chi connectivity index (χ0v) is 9.90. The zero-order chi connectivity index (χ0) is 13.7. The van der Waals surface area contributed by atoms with Crippen molar-refractivity contribution in [1.82, 2.24) is 10.3 Å². The summed E-state index contributed by atoms with van der Waals surface area (Å²) in [7, 11) is 0. The number of hydrogen-bond acceptors (Lipinski definition) is 3. The van der Waals surface area contributed by atoms with Crippen LogP contribution in [-0.2, 0) is 4.79 Å². The quantitative estimate of drug-likeness (QED) is 0.517. The summed E-state index contributed by atoms with van der Waals surface area (Å²) in [6.07, 6.45) is 2.94. The van der Waals surface area contributed by atoms with Gasteiger partial charge in [-0.25, -0.2) is 4.79 Å². The number of rotatable bonds is 6. The first kappa shape index (κ1) is 13.7. The van der Waals surface area contributed by atoms with Crippen LogP contribution >= 0.6 is 0 Å². The molecule has 0 aliphatic heterocycles. The van der Waals surface area contributed by atoms with Gasteiger partial charge in [-0.3, -0.25) is 9.59 Å². The largest absolute Gasteiger partial charge is 0.480 e. The second-order valence-corrected chi connectivity index (χ2v) is 3.75. The van der Waals surface area contributed by atoms with Crippen LogP contribution in [0, 0.1) is 0 Å². The first-order chi connectivity index (χ1) is 8.45. The Morgan fingerprint density at radius 3 is 2.67 bits per heavy atom. The minimum absolute atomic E-state index is 0.126. The maximum absolute atomic E-state index is 11.7. The maximum atomic E-state index is 11.7. The van der Waals surface area contributed by atoms with E-state index in [4.69, 9.17) is 5.11 Å². The van der Waals surface area contributed by atoms with Crippen LogP contribution in [0.25, 0.3) is 0 Å². The SMILES string of the molecule is C=CCC(NC(=O)c1cc(C(C)=O)c[nH]1)C(=O)O. The molecule has 1 atom stereocenters. The molecule has 0 aromatic carbocycles. The zero-order valence-electron chi connectivity index (χ0n) is 9.90. The summed E-state index contributed by atoms with van der Waals surface area (Å²) in [5.41, 5.74) is 0.520. The van der Waals surface area contributed by atoms with Crippen molar-refractivity contribution in [3.8, 4) is 0 Å². The lowest BCUT2D eigenvalue weighted by atomic mass is 10.2. The van der Waals surface area contributed by atoms with Gasteiger partial charge in [-0.15, -0.1) is 6.58 Å². The molecule has 1 aromatic heterocycles. The van der Waals surface area contributed by atoms with Crippen molar-refractivity contribution >= 4 is 17.7 Å². The van der Waals surface area contributed by atoms with Crippen LogP contribution in [0.2, 0.25) is 0 Å². The molecule has 96 valence electrons. The Bertz CT molecular complexity index is 490. The minimum atomic E-state index is -1.14. The fraction of sp³-hybridized carbons (Fsp3) is 0.250. The van der Waals surface area contributed by atoms with Gasteiger partial charge in [0.2, 0.25) is 0 Å². The number of carbonyl (C=O) groups excluding carboxylic acids is 2. The molecular weight excluding hydrogens is 236 g/mol. The minimum Gasteiger partial charge on any atom is -0.480 e. The van der Waals surface area contributed by atoms with Crippen molar-refractivity contribution in [1.29, 1.82) is 0 Å². The van der Waals surface area contributed by atoms with Gasteiger partial charge < -0.3 is 15.4 Å². The lowest BCUT2D eigenvalue weighted by Gasteiger charge is -2.11. The van der Waals surface area contributed by atoms with Gasteiger partial charge in [0.15, 0.2) is 5.78 Å². The number of amides is 1. The van der Waals surface area contributed by atoms with E-state index in [0.717, 1.165) is 0 Å². The number of carbonyl (C=O) groups is 3. The van der Waals surface area contributed by atoms with Crippen LogP contribution in [0.3, 0.4) is 0 Å². The van der Waals surface area contributed by atoms with Crippen LogP contribution in [0.4, 0.5) is 0 Å². The highest BCUT2D eigenvalue weighted by Crippen LogP contribution is 2.05. The van der Waals surface area contributed by atoms with Gasteiger partial charge in [0.1, 0.15) is 11.7 Å². The summed E-state index contributed by atoms with van der Waals surface area (Å²) in [5, 5.41) is 11.2. The number of ketones is 1. The summed E-state index contributed by atoms with van der Waals surface area (Å²) >= 11 is 0. The van der Waals surface area contributed by atoms with E-state index in [2.05, 4.69) is 16.9 Å². The molecule has 0 spiro atoms. The molecule has 0 aliphatic carbocycles. The predicted molar refractivity (Wildman–Crippen MR) is 64.5 cm³/mol. The summed E-state index contributed by atoms with van der Waals surface area (Å²) in [6, 6.07) is 0.351. The Labute approximate surface area is 104 Å². The summed E-state index contributed by atoms with van der Waals surface area (Å²) < 4.78 is 0. The fourth-order valence-corrected chi connectivity index (χ4v) is 1.35. The molecule has 1 amide bonds. The third-order valence-corrected chi connectivity index (χ3v) is 2.34. The highest BCUT2D eigenvalue weighted by Gasteiger charge is 2.20. The number of carboxylic acid groups (broad SMARTS) is 1. The monoisotopic (exact) mass is 250 g/mol. The van der Waals surface area contributed by atoms with Crippen LogP contribution in [0.5, 0.6) is 0 Å². The first-order valence-electron chi connectivity index (χ1n) is 5.29. The third-order valence-electron chi connectivity index (χ3n) is 2.34. The van der Waals surface area contributed by atoms with Gasteiger partial charge in [0.05, 0.1) is 0 Å². The molecule has 0 fully saturated rings. The predicted octanol–water partition coefficient (Wildman–Crippen LogP) is 0.976. The average molecular weight is 250 g/mol. The molecule has 18 heavy (non-hydrogen) atoms. The third kappa shape index (κ3) is 3.31. The van der Waals surface area contributed by atoms with E-state index in [1.807, 2.05) is 0 Å². The molecular formula is C12H14N2O4. The number of aromatic nitrogens is 1. The number of aromatic amines is 1. The van der Waals surface area contributed by atoms with E-state index in [0.29, 0.717) is 5.56 Å². The van der Waals surface area contributed by atoms with E-state index in [1.165, 1.54) is 25.3 Å². The molecule has 3 N–H and O–H groups in total. The molecule has 0 bridgehead atoms. The van der Waals surface area contributed by atoms with Gasteiger partial charge in [-0.1, -0.05) is 6.08 Å². The van der Waals surface area contributed by atoms with Crippen LogP contribution < -0.4 is 5.32 Å². The second kappa shape index (κ2) is 5.81. The summed E-state index contributed by atoms with van der Waals surface area (Å²) in [5.74, 6) is -1.88. The molecule has 1 unspecified atom stereocenters. The molecule has 0 aliphatic rings. The van der Waals surface area contributed by atoms with E-state index >= 15 is 0 Å². The first-order valence-corrected chi connectivity index (χ1v) is 5.29. The lowest BCUT2D eigenvalue weighted by Crippen LogP contribution is -2.40. The molecule has 1 aromatic rings. The van der Waals surface area contributed by atoms with Gasteiger partial charge in [-0.05, 0) is 19.4 Å². The van der Waals surface area contributed by atoms with Crippen molar-refractivity contribution in [2.75, 3.05) is 0 Å². The van der Waals surface area contributed by atoms with E-state index < -0.39 is 17.9 Å². The standard InChI is InChI=1S/C12H14N2O4/c1-3-4-9(12(17)18)14-11(16)10-5-8(6-13-10)7(2)15/h3,5-6,9,13H,1,4H2,2H3,(H,14,16)(H,17,18). The maximum Gasteiger partial charge on any atom is 0.326 e. The van der Waals surface area contributed by atoms with E-state index in [-0.39, 0.29) is 17.9 Å². The number of carboxylic acids is 1. The number of aliphatic carboxylic acids is 1. The Balaban J connectivity index is 2.76. The summed E-state index contributed by atoms with van der Waals surface area (Å²) in [6.45, 7) is 4.80. The Hall–Kier alpha value is -2.37. The van der Waals surface area contributed by atoms with E-state index in [1.54, 1.807) is 0 Å². The van der Waals surface area contributed by atoms with Crippen LogP contribution in [0.15, 0.2) is 24.9 Å². The Morgan fingerprint density at radius 1 is 1.56 bits per heavy atom. The highest BCUT2D eigenvalue weighted by molar-refractivity contribution is 6.00. The van der Waals surface area contributed by atoms with Gasteiger partial charge in [0, 0.05) is 11.8 Å². The van der Waals surface area contributed by atoms with Gasteiger partial charge in [0.25, 0.3) is 5.91 Å². The molecule has 0 saturated heterocycles. The molecule has 1 rings (SSSR count). The Kier molecular flexibility index (Phi) is 4.42. The highest BCUT2D eigenvalue weighted by atomic mass is 16.4. The average Bonchev–Trinajstić information content (AvgIpc) is 2.77. The molecule has 6 nitrogen and oxygen atoms in total. The summed E-state index contributed by atoms with van der Waals surface area (Å²) in [4.78, 5) is 36.2. The number of hydrogen-bond donors (Lipinski definition) is 3. The smallest absolute Gasteiger partial charge is 0.326 e. The van der Waals surface area contributed by atoms with Crippen molar-refractivity contribution < 1.29 is 19.5 Å². The molecule has 6 heteroatoms. The molecule has 1 heterocycles. The normalized spacial score (nSPS) is 11.6. The Morgan fingerprint density at radius 2 is 2.22 bits per heavy atom. The van der Waals surface area contributed by atoms with Crippen molar-refractivity contribution in [2.45, 2.75) is 19.4 Å². The fourth-order valence-electron chi connectivity index (χ4n) is 1.35. The van der Waals surface area contributed by atoms with Crippen molar-refractivity contribution in [2.24, 2.45) is 0 Å². The second-order valence-electron chi connectivity index (χ2n) is 3.75. The van der Waals surface area contributed by atoms with Crippen LogP contribution in [0.1, 0.15) is 34.2 Å². The number of Topliss-reactive ketones (excluding diaryl/α,β-unsaturated/α-hetero) is 1. The molecule has 0 radical (unpaired) electrons. The van der Waals surface area contributed by atoms with Gasteiger partial charge >= 0.3 is 5.97 Å². The number of H-pyrrole nitrogens is 1. The van der Waals surface area contributed by atoms with Crippen molar-refractivity contribution in [3.05, 3.63) is 36.2 Å². The van der Waals surface area contributed by atoms with Crippen molar-refractivity contribution in [3.63, 3.8) is 0 Å². The number of nitrogens with one attached hydrogen (secondary N) is 2. The van der Waals surface area contributed by atoms with E-state index in [9.17, 15) is 14.4 Å². The van der Waals surface area contributed by atoms with Gasteiger partial charge in [-0.2, -0.15) is 0 Å². The topological polar surface area (TPSA) is 99.3 Å². The van der Waals surface area contributed by atoms with Crippen LogP contribution in [-0.4, -0.2) is 33.8 Å².